The monoisotopic (exact) mass is 360 g/mol. The quantitative estimate of drug-likeness (QED) is 0.620. The summed E-state index contributed by atoms with van der Waals surface area (Å²) in [7, 11) is 0. The van der Waals surface area contributed by atoms with Crippen LogP contribution in [-0.2, 0) is 14.3 Å². The summed E-state index contributed by atoms with van der Waals surface area (Å²) in [4.78, 5) is 12.6. The maximum atomic E-state index is 12.6. The SMILES string of the molecule is CC1C[C@@]2(C)C(CC[C@@H]3[C@@H]2CC[C@]2(C)C(=O)CC[C@@H]32)C(C)C12OCCO2. The first-order valence-electron chi connectivity index (χ1n) is 11.1. The van der Waals surface area contributed by atoms with Crippen LogP contribution < -0.4 is 0 Å². The summed E-state index contributed by atoms with van der Waals surface area (Å²) in [5.74, 6) is 4.05. The highest BCUT2D eigenvalue weighted by Gasteiger charge is 2.65. The Kier molecular flexibility index (Phi) is 3.78. The number of Topliss-reactive ketones (excluding diaryl/α,β-unsaturated/α-hetero) is 1. The molecule has 5 aliphatic rings. The Morgan fingerprint density at radius 1 is 0.923 bits per heavy atom. The van der Waals surface area contributed by atoms with Gasteiger partial charge in [-0.15, -0.1) is 0 Å². The number of ketones is 1. The normalized spacial score (nSPS) is 55.5. The molecule has 5 rings (SSSR count). The second-order valence-electron chi connectivity index (χ2n) is 10.8. The zero-order valence-electron chi connectivity index (χ0n) is 17.1. The van der Waals surface area contributed by atoms with E-state index in [-0.39, 0.29) is 11.2 Å². The molecule has 1 heterocycles. The van der Waals surface area contributed by atoms with Crippen LogP contribution >= 0.6 is 0 Å². The van der Waals surface area contributed by atoms with Crippen LogP contribution in [0.2, 0.25) is 0 Å². The van der Waals surface area contributed by atoms with E-state index in [1.165, 1.54) is 25.7 Å². The highest BCUT2D eigenvalue weighted by molar-refractivity contribution is 5.87. The standard InChI is InChI=1S/C23H36O3/c1-14-13-22(4)17(15(2)23(14)25-11-12-26-23)6-5-16-18-7-8-20(24)21(18,3)10-9-19(16)22/h14-19H,5-13H2,1-4H3/t14?,15?,16-,17?,18-,19-,21-,22-/m0/s1. The van der Waals surface area contributed by atoms with E-state index in [1.807, 2.05) is 0 Å². The number of ether oxygens (including phenoxy) is 2. The minimum Gasteiger partial charge on any atom is -0.347 e. The first-order valence-corrected chi connectivity index (χ1v) is 11.1. The summed E-state index contributed by atoms with van der Waals surface area (Å²) in [5.41, 5.74) is 0.379. The first kappa shape index (κ1) is 17.7. The van der Waals surface area contributed by atoms with Crippen molar-refractivity contribution in [1.29, 1.82) is 0 Å². The van der Waals surface area contributed by atoms with Gasteiger partial charge in [-0.25, -0.2) is 0 Å². The number of fused-ring (bicyclic) bond motifs is 5. The van der Waals surface area contributed by atoms with Gasteiger partial charge in [-0.05, 0) is 67.6 Å². The van der Waals surface area contributed by atoms with Gasteiger partial charge < -0.3 is 9.47 Å². The van der Waals surface area contributed by atoms with Gasteiger partial charge in [-0.3, -0.25) is 4.79 Å². The van der Waals surface area contributed by atoms with Crippen molar-refractivity contribution >= 4 is 5.78 Å². The van der Waals surface area contributed by atoms with E-state index < -0.39 is 0 Å². The molecule has 0 bridgehead atoms. The fourth-order valence-corrected chi connectivity index (χ4v) is 8.90. The van der Waals surface area contributed by atoms with Crippen molar-refractivity contribution < 1.29 is 14.3 Å². The molecule has 1 aliphatic heterocycles. The highest BCUT2D eigenvalue weighted by atomic mass is 16.7. The van der Waals surface area contributed by atoms with Crippen molar-refractivity contribution in [3.8, 4) is 0 Å². The van der Waals surface area contributed by atoms with E-state index in [2.05, 4.69) is 27.7 Å². The maximum absolute atomic E-state index is 12.6. The summed E-state index contributed by atoms with van der Waals surface area (Å²) in [5, 5.41) is 0. The Morgan fingerprint density at radius 2 is 1.65 bits per heavy atom. The molecular formula is C23H36O3. The third kappa shape index (κ3) is 2.00. The Balaban J connectivity index is 1.48. The number of rotatable bonds is 0. The molecule has 0 amide bonds. The molecule has 8 atom stereocenters. The van der Waals surface area contributed by atoms with Crippen molar-refractivity contribution in [1.82, 2.24) is 0 Å². The zero-order valence-corrected chi connectivity index (χ0v) is 17.1. The molecule has 4 saturated carbocycles. The number of hydrogen-bond acceptors (Lipinski definition) is 3. The highest BCUT2D eigenvalue weighted by Crippen LogP contribution is 2.68. The van der Waals surface area contributed by atoms with Gasteiger partial charge in [-0.2, -0.15) is 0 Å². The van der Waals surface area contributed by atoms with Crippen LogP contribution in [0.4, 0.5) is 0 Å². The molecule has 3 heteroatoms. The average Bonchev–Trinajstić information content (AvgIpc) is 3.20. The molecule has 0 aromatic heterocycles. The Labute approximate surface area is 158 Å². The Hall–Kier alpha value is -0.410. The van der Waals surface area contributed by atoms with E-state index in [9.17, 15) is 4.79 Å². The van der Waals surface area contributed by atoms with Crippen LogP contribution in [0.25, 0.3) is 0 Å². The van der Waals surface area contributed by atoms with Gasteiger partial charge in [0.15, 0.2) is 5.79 Å². The van der Waals surface area contributed by atoms with Crippen molar-refractivity contribution in [3.63, 3.8) is 0 Å². The second-order valence-corrected chi connectivity index (χ2v) is 10.8. The lowest BCUT2D eigenvalue weighted by atomic mass is 9.42. The molecular weight excluding hydrogens is 324 g/mol. The third-order valence-corrected chi connectivity index (χ3v) is 10.1. The number of hydrogen-bond donors (Lipinski definition) is 0. The molecule has 0 aromatic carbocycles. The first-order chi connectivity index (χ1) is 12.3. The van der Waals surface area contributed by atoms with Gasteiger partial charge in [0.05, 0.1) is 13.2 Å². The van der Waals surface area contributed by atoms with E-state index >= 15 is 0 Å². The van der Waals surface area contributed by atoms with Crippen LogP contribution in [0.5, 0.6) is 0 Å². The zero-order chi connectivity index (χ0) is 18.3. The lowest BCUT2D eigenvalue weighted by molar-refractivity contribution is -0.289. The van der Waals surface area contributed by atoms with Crippen molar-refractivity contribution in [3.05, 3.63) is 0 Å². The fraction of sp³-hybridized carbons (Fsp3) is 0.957. The molecule has 1 saturated heterocycles. The van der Waals surface area contributed by atoms with Crippen molar-refractivity contribution in [2.45, 2.75) is 78.4 Å². The van der Waals surface area contributed by atoms with E-state index in [0.29, 0.717) is 34.9 Å². The summed E-state index contributed by atoms with van der Waals surface area (Å²) in [6, 6.07) is 0. The van der Waals surface area contributed by atoms with Crippen LogP contribution in [0.15, 0.2) is 0 Å². The minimum atomic E-state index is -0.330. The van der Waals surface area contributed by atoms with Gasteiger partial charge in [0.2, 0.25) is 0 Å². The molecule has 3 unspecified atom stereocenters. The second kappa shape index (κ2) is 5.56. The molecule has 5 fully saturated rings. The predicted octanol–water partition coefficient (Wildman–Crippen LogP) is 4.83. The van der Waals surface area contributed by atoms with Crippen LogP contribution in [0.1, 0.15) is 72.6 Å². The van der Waals surface area contributed by atoms with Gasteiger partial charge in [0, 0.05) is 23.7 Å². The lowest BCUT2D eigenvalue weighted by Crippen LogP contribution is -2.62. The Morgan fingerprint density at radius 3 is 2.38 bits per heavy atom. The minimum absolute atomic E-state index is 0.00480. The van der Waals surface area contributed by atoms with E-state index in [4.69, 9.17) is 9.47 Å². The van der Waals surface area contributed by atoms with Gasteiger partial charge >= 0.3 is 0 Å². The van der Waals surface area contributed by atoms with E-state index in [0.717, 1.165) is 44.3 Å². The largest absolute Gasteiger partial charge is 0.347 e. The van der Waals surface area contributed by atoms with Crippen LogP contribution in [-0.4, -0.2) is 24.8 Å². The number of carbonyl (C=O) groups is 1. The average molecular weight is 361 g/mol. The van der Waals surface area contributed by atoms with Gasteiger partial charge in [0.1, 0.15) is 5.78 Å². The summed E-state index contributed by atoms with van der Waals surface area (Å²) in [6.45, 7) is 11.1. The molecule has 0 radical (unpaired) electrons. The third-order valence-electron chi connectivity index (χ3n) is 10.1. The number of carbonyl (C=O) groups excluding carboxylic acids is 1. The maximum Gasteiger partial charge on any atom is 0.173 e. The van der Waals surface area contributed by atoms with Gasteiger partial charge in [-0.1, -0.05) is 27.7 Å². The summed E-state index contributed by atoms with van der Waals surface area (Å²) >= 11 is 0. The topological polar surface area (TPSA) is 35.5 Å². The molecule has 0 aromatic rings. The molecule has 1 spiro atoms. The van der Waals surface area contributed by atoms with E-state index in [1.54, 1.807) is 0 Å². The Bertz CT molecular complexity index is 609. The smallest absolute Gasteiger partial charge is 0.173 e. The summed E-state index contributed by atoms with van der Waals surface area (Å²) < 4.78 is 12.5. The van der Waals surface area contributed by atoms with Crippen LogP contribution in [0.3, 0.4) is 0 Å². The summed E-state index contributed by atoms with van der Waals surface area (Å²) in [6.07, 6.45) is 8.20. The van der Waals surface area contributed by atoms with Crippen molar-refractivity contribution in [2.75, 3.05) is 13.2 Å². The molecule has 4 aliphatic carbocycles. The van der Waals surface area contributed by atoms with Crippen molar-refractivity contribution in [2.24, 2.45) is 46.3 Å². The van der Waals surface area contributed by atoms with Gasteiger partial charge in [0.25, 0.3) is 0 Å². The lowest BCUT2D eigenvalue weighted by Gasteiger charge is -2.64. The molecule has 26 heavy (non-hydrogen) atoms. The fourth-order valence-electron chi connectivity index (χ4n) is 8.90. The molecule has 0 N–H and O–H groups in total. The van der Waals surface area contributed by atoms with Crippen LogP contribution in [0, 0.1) is 46.3 Å². The predicted molar refractivity (Wildman–Crippen MR) is 100 cm³/mol. The molecule has 146 valence electrons. The molecule has 3 nitrogen and oxygen atoms in total.